The molecule has 82 valence electrons. The van der Waals surface area contributed by atoms with Gasteiger partial charge in [0.2, 0.25) is 0 Å². The monoisotopic (exact) mass is 208 g/mol. The molecule has 4 heteroatoms. The van der Waals surface area contributed by atoms with Gasteiger partial charge in [-0.15, -0.1) is 0 Å². The maximum Gasteiger partial charge on any atom is 0.314 e. The molecule has 15 heavy (non-hydrogen) atoms. The highest BCUT2D eigenvalue weighted by atomic mass is 16.5. The predicted molar refractivity (Wildman–Crippen MR) is 59.2 cm³/mol. The fourth-order valence-electron chi connectivity index (χ4n) is 1.24. The van der Waals surface area contributed by atoms with E-state index < -0.39 is 0 Å². The fraction of sp³-hybridized carbons (Fsp3) is 0.364. The highest BCUT2D eigenvalue weighted by molar-refractivity contribution is 5.73. The summed E-state index contributed by atoms with van der Waals surface area (Å²) in [5, 5.41) is 5.23. The quantitative estimate of drug-likeness (QED) is 0.780. The number of urea groups is 1. The molecule has 1 aromatic carbocycles. The Bertz CT molecular complexity index is 326. The SMILES string of the molecule is CNC(=O)NCCc1cccc(OC)c1. The molecule has 0 bridgehead atoms. The summed E-state index contributed by atoms with van der Waals surface area (Å²) in [6.45, 7) is 0.618. The second-order valence-corrected chi connectivity index (χ2v) is 3.11. The second kappa shape index (κ2) is 5.90. The van der Waals surface area contributed by atoms with Crippen LogP contribution in [0.2, 0.25) is 0 Å². The van der Waals surface area contributed by atoms with Crippen LogP contribution >= 0.6 is 0 Å². The molecule has 4 nitrogen and oxygen atoms in total. The van der Waals surface area contributed by atoms with Crippen molar-refractivity contribution in [3.8, 4) is 5.75 Å². The summed E-state index contributed by atoms with van der Waals surface area (Å²) in [6, 6.07) is 7.65. The van der Waals surface area contributed by atoms with E-state index in [0.717, 1.165) is 17.7 Å². The summed E-state index contributed by atoms with van der Waals surface area (Å²) < 4.78 is 5.10. The smallest absolute Gasteiger partial charge is 0.314 e. The van der Waals surface area contributed by atoms with Crippen LogP contribution < -0.4 is 15.4 Å². The molecule has 0 aliphatic carbocycles. The standard InChI is InChI=1S/C11H16N2O2/c1-12-11(14)13-7-6-9-4-3-5-10(8-9)15-2/h3-5,8H,6-7H2,1-2H3,(H2,12,13,14). The molecule has 0 aliphatic heterocycles. The third kappa shape index (κ3) is 3.89. The molecule has 0 saturated heterocycles. The van der Waals surface area contributed by atoms with E-state index in [1.807, 2.05) is 24.3 Å². The Morgan fingerprint density at radius 2 is 2.27 bits per heavy atom. The topological polar surface area (TPSA) is 50.4 Å². The highest BCUT2D eigenvalue weighted by Gasteiger charge is 1.97. The Labute approximate surface area is 89.6 Å². The van der Waals surface area contributed by atoms with Gasteiger partial charge < -0.3 is 15.4 Å². The van der Waals surface area contributed by atoms with Gasteiger partial charge in [0, 0.05) is 13.6 Å². The molecule has 1 rings (SSSR count). The zero-order valence-corrected chi connectivity index (χ0v) is 9.04. The van der Waals surface area contributed by atoms with Crippen molar-refractivity contribution in [3.05, 3.63) is 29.8 Å². The Balaban J connectivity index is 2.40. The molecule has 0 radical (unpaired) electrons. The first kappa shape index (κ1) is 11.4. The minimum atomic E-state index is -0.155. The highest BCUT2D eigenvalue weighted by Crippen LogP contribution is 2.12. The number of carbonyl (C=O) groups is 1. The molecule has 0 unspecified atom stereocenters. The van der Waals surface area contributed by atoms with Crippen LogP contribution in [-0.2, 0) is 6.42 Å². The zero-order valence-electron chi connectivity index (χ0n) is 9.04. The van der Waals surface area contributed by atoms with Crippen molar-refractivity contribution >= 4 is 6.03 Å². The van der Waals surface area contributed by atoms with Crippen LogP contribution in [0.3, 0.4) is 0 Å². The zero-order chi connectivity index (χ0) is 11.1. The number of ether oxygens (including phenoxy) is 1. The molecule has 0 saturated carbocycles. The Morgan fingerprint density at radius 1 is 1.47 bits per heavy atom. The molecule has 0 fully saturated rings. The van der Waals surface area contributed by atoms with Gasteiger partial charge in [-0.1, -0.05) is 12.1 Å². The van der Waals surface area contributed by atoms with E-state index >= 15 is 0 Å². The van der Waals surface area contributed by atoms with Crippen molar-refractivity contribution < 1.29 is 9.53 Å². The minimum absolute atomic E-state index is 0.155. The number of hydrogen-bond acceptors (Lipinski definition) is 2. The molecular formula is C11H16N2O2. The van der Waals surface area contributed by atoms with Crippen molar-refractivity contribution in [2.45, 2.75) is 6.42 Å². The Morgan fingerprint density at radius 3 is 2.93 bits per heavy atom. The summed E-state index contributed by atoms with van der Waals surface area (Å²) >= 11 is 0. The molecule has 2 amide bonds. The Hall–Kier alpha value is -1.71. The lowest BCUT2D eigenvalue weighted by Gasteiger charge is -2.05. The molecule has 0 heterocycles. The van der Waals surface area contributed by atoms with Gasteiger partial charge in [-0.3, -0.25) is 0 Å². The second-order valence-electron chi connectivity index (χ2n) is 3.11. The average molecular weight is 208 g/mol. The van der Waals surface area contributed by atoms with Crippen LogP contribution in [0.15, 0.2) is 24.3 Å². The predicted octanol–water partition coefficient (Wildman–Crippen LogP) is 1.17. The fourth-order valence-corrected chi connectivity index (χ4v) is 1.24. The van der Waals surface area contributed by atoms with Crippen molar-refractivity contribution in [1.29, 1.82) is 0 Å². The first-order valence-corrected chi connectivity index (χ1v) is 4.84. The van der Waals surface area contributed by atoms with Crippen molar-refractivity contribution in [2.75, 3.05) is 20.7 Å². The number of nitrogens with one attached hydrogen (secondary N) is 2. The molecule has 0 aromatic heterocycles. The van der Waals surface area contributed by atoms with Crippen molar-refractivity contribution in [1.82, 2.24) is 10.6 Å². The maximum absolute atomic E-state index is 10.9. The normalized spacial score (nSPS) is 9.47. The minimum Gasteiger partial charge on any atom is -0.497 e. The van der Waals surface area contributed by atoms with Crippen LogP contribution in [0.5, 0.6) is 5.75 Å². The van der Waals surface area contributed by atoms with E-state index in [1.165, 1.54) is 0 Å². The lowest BCUT2D eigenvalue weighted by atomic mass is 10.1. The van der Waals surface area contributed by atoms with E-state index in [9.17, 15) is 4.79 Å². The molecular weight excluding hydrogens is 192 g/mol. The summed E-state index contributed by atoms with van der Waals surface area (Å²) in [5.41, 5.74) is 1.14. The van der Waals surface area contributed by atoms with E-state index in [-0.39, 0.29) is 6.03 Å². The number of hydrogen-bond donors (Lipinski definition) is 2. The van der Waals surface area contributed by atoms with E-state index in [0.29, 0.717) is 6.54 Å². The van der Waals surface area contributed by atoms with E-state index in [2.05, 4.69) is 10.6 Å². The van der Waals surface area contributed by atoms with Crippen LogP contribution in [0, 0.1) is 0 Å². The molecule has 1 aromatic rings. The number of rotatable bonds is 4. The summed E-state index contributed by atoms with van der Waals surface area (Å²) in [7, 11) is 3.24. The van der Waals surface area contributed by atoms with Gasteiger partial charge in [0.15, 0.2) is 0 Å². The van der Waals surface area contributed by atoms with Gasteiger partial charge in [0.25, 0.3) is 0 Å². The van der Waals surface area contributed by atoms with E-state index in [1.54, 1.807) is 14.2 Å². The lowest BCUT2D eigenvalue weighted by molar-refractivity contribution is 0.243. The van der Waals surface area contributed by atoms with E-state index in [4.69, 9.17) is 4.74 Å². The number of benzene rings is 1. The number of methoxy groups -OCH3 is 1. The van der Waals surface area contributed by atoms with Gasteiger partial charge >= 0.3 is 6.03 Å². The molecule has 2 N–H and O–H groups in total. The summed E-state index contributed by atoms with van der Waals surface area (Å²) in [4.78, 5) is 10.9. The van der Waals surface area contributed by atoms with Gasteiger partial charge in [-0.05, 0) is 24.1 Å². The molecule has 0 atom stereocenters. The van der Waals surface area contributed by atoms with Crippen molar-refractivity contribution in [3.63, 3.8) is 0 Å². The molecule has 0 spiro atoms. The van der Waals surface area contributed by atoms with Crippen LogP contribution in [-0.4, -0.2) is 26.7 Å². The first-order chi connectivity index (χ1) is 7.26. The third-order valence-electron chi connectivity index (χ3n) is 2.06. The number of amides is 2. The summed E-state index contributed by atoms with van der Waals surface area (Å²) in [5.74, 6) is 0.840. The third-order valence-corrected chi connectivity index (χ3v) is 2.06. The maximum atomic E-state index is 10.9. The first-order valence-electron chi connectivity index (χ1n) is 4.84. The van der Waals surface area contributed by atoms with Crippen LogP contribution in [0.25, 0.3) is 0 Å². The number of carbonyl (C=O) groups excluding carboxylic acids is 1. The van der Waals surface area contributed by atoms with Crippen LogP contribution in [0.4, 0.5) is 4.79 Å². The van der Waals surface area contributed by atoms with Gasteiger partial charge in [-0.2, -0.15) is 0 Å². The average Bonchev–Trinajstić information content (AvgIpc) is 2.29. The van der Waals surface area contributed by atoms with Crippen molar-refractivity contribution in [2.24, 2.45) is 0 Å². The largest absolute Gasteiger partial charge is 0.497 e. The lowest BCUT2D eigenvalue weighted by Crippen LogP contribution is -2.33. The molecule has 0 aliphatic rings. The van der Waals surface area contributed by atoms with Gasteiger partial charge in [0.05, 0.1) is 7.11 Å². The van der Waals surface area contributed by atoms with Gasteiger partial charge in [-0.25, -0.2) is 4.79 Å². The summed E-state index contributed by atoms with van der Waals surface area (Å²) in [6.07, 6.45) is 0.796. The van der Waals surface area contributed by atoms with Crippen LogP contribution in [0.1, 0.15) is 5.56 Å². The Kier molecular flexibility index (Phi) is 4.47. The van der Waals surface area contributed by atoms with Gasteiger partial charge in [0.1, 0.15) is 5.75 Å².